The van der Waals surface area contributed by atoms with Gasteiger partial charge in [-0.25, -0.2) is 0 Å². The second-order valence-corrected chi connectivity index (χ2v) is 10.2. The van der Waals surface area contributed by atoms with Crippen molar-refractivity contribution in [1.82, 2.24) is 0 Å². The van der Waals surface area contributed by atoms with E-state index in [1.807, 2.05) is 0 Å². The van der Waals surface area contributed by atoms with Crippen molar-refractivity contribution in [3.8, 4) is 11.1 Å². The molecule has 0 amide bonds. The van der Waals surface area contributed by atoms with E-state index in [0.29, 0.717) is 0 Å². The molecule has 0 aliphatic carbocycles. The standard InChI is InChI=1S/C34H46/c1-9-27-20-31(28(10-2)18-25(27)7)15-13-14-16-32-21-30(12-4)34(22-29(32)11-3)33-19-24(6)23(5)17-26(33)8/h17-22H,9-16H2,1-8H3. The lowest BCUT2D eigenvalue weighted by Gasteiger charge is -2.18. The zero-order valence-corrected chi connectivity index (χ0v) is 23.1. The minimum Gasteiger partial charge on any atom is -0.0613 e. The van der Waals surface area contributed by atoms with E-state index in [4.69, 9.17) is 0 Å². The summed E-state index contributed by atoms with van der Waals surface area (Å²) in [5.74, 6) is 0. The average molecular weight is 455 g/mol. The van der Waals surface area contributed by atoms with Crippen LogP contribution in [0.15, 0.2) is 36.4 Å². The SMILES string of the molecule is CCc1cc(CCCCc2cc(CC)c(-c3cc(C)c(C)cc3C)cc2CC)c(CC)cc1C. The Kier molecular flexibility index (Phi) is 9.17. The quantitative estimate of drug-likeness (QED) is 0.268. The number of rotatable bonds is 10. The van der Waals surface area contributed by atoms with Crippen molar-refractivity contribution in [1.29, 1.82) is 0 Å². The van der Waals surface area contributed by atoms with Gasteiger partial charge in [0.2, 0.25) is 0 Å². The highest BCUT2D eigenvalue weighted by atomic mass is 14.2. The third-order valence-corrected chi connectivity index (χ3v) is 7.88. The van der Waals surface area contributed by atoms with Gasteiger partial charge in [0.15, 0.2) is 0 Å². The van der Waals surface area contributed by atoms with Crippen molar-refractivity contribution >= 4 is 0 Å². The monoisotopic (exact) mass is 454 g/mol. The van der Waals surface area contributed by atoms with E-state index < -0.39 is 0 Å². The van der Waals surface area contributed by atoms with E-state index in [1.54, 1.807) is 16.7 Å². The fourth-order valence-electron chi connectivity index (χ4n) is 5.53. The van der Waals surface area contributed by atoms with Gasteiger partial charge in [-0.3, -0.25) is 0 Å². The van der Waals surface area contributed by atoms with Gasteiger partial charge >= 0.3 is 0 Å². The maximum atomic E-state index is 2.53. The van der Waals surface area contributed by atoms with Crippen molar-refractivity contribution in [3.05, 3.63) is 92.0 Å². The molecule has 0 heterocycles. The molecule has 0 radical (unpaired) electrons. The van der Waals surface area contributed by atoms with Crippen LogP contribution in [-0.4, -0.2) is 0 Å². The maximum absolute atomic E-state index is 2.53. The summed E-state index contributed by atoms with van der Waals surface area (Å²) in [5.41, 5.74) is 17.7. The van der Waals surface area contributed by atoms with E-state index in [-0.39, 0.29) is 0 Å². The van der Waals surface area contributed by atoms with Gasteiger partial charge in [0.05, 0.1) is 0 Å². The summed E-state index contributed by atoms with van der Waals surface area (Å²) in [7, 11) is 0. The summed E-state index contributed by atoms with van der Waals surface area (Å²) in [5, 5.41) is 0. The zero-order chi connectivity index (χ0) is 24.8. The first-order chi connectivity index (χ1) is 16.3. The molecule has 34 heavy (non-hydrogen) atoms. The topological polar surface area (TPSA) is 0 Å². The largest absolute Gasteiger partial charge is 0.0613 e. The Morgan fingerprint density at radius 1 is 0.382 bits per heavy atom. The highest BCUT2D eigenvalue weighted by molar-refractivity contribution is 5.73. The Hall–Kier alpha value is -2.34. The van der Waals surface area contributed by atoms with Gasteiger partial charge in [0.25, 0.3) is 0 Å². The van der Waals surface area contributed by atoms with Crippen LogP contribution in [0.3, 0.4) is 0 Å². The molecule has 3 rings (SSSR count). The molecule has 0 aliphatic heterocycles. The number of hydrogen-bond donors (Lipinski definition) is 0. The van der Waals surface area contributed by atoms with Crippen LogP contribution in [0.2, 0.25) is 0 Å². The van der Waals surface area contributed by atoms with Crippen LogP contribution >= 0.6 is 0 Å². The molecule has 0 aliphatic rings. The molecule has 0 bridgehead atoms. The molecule has 0 fully saturated rings. The molecule has 0 aromatic heterocycles. The van der Waals surface area contributed by atoms with E-state index in [2.05, 4.69) is 91.8 Å². The van der Waals surface area contributed by atoms with Gasteiger partial charge in [0.1, 0.15) is 0 Å². The molecule has 0 spiro atoms. The van der Waals surface area contributed by atoms with Crippen LogP contribution in [-0.2, 0) is 38.5 Å². The van der Waals surface area contributed by atoms with Crippen LogP contribution in [0.1, 0.15) is 96.2 Å². The van der Waals surface area contributed by atoms with E-state index in [1.165, 1.54) is 75.8 Å². The number of aryl methyl sites for hydroxylation is 10. The minimum atomic E-state index is 1.09. The molecule has 0 unspecified atom stereocenters. The number of benzene rings is 3. The van der Waals surface area contributed by atoms with Gasteiger partial charge < -0.3 is 0 Å². The molecule has 0 nitrogen and oxygen atoms in total. The highest BCUT2D eigenvalue weighted by Gasteiger charge is 2.13. The van der Waals surface area contributed by atoms with E-state index in [9.17, 15) is 0 Å². The molecule has 182 valence electrons. The first-order valence-corrected chi connectivity index (χ1v) is 13.7. The van der Waals surface area contributed by atoms with Gasteiger partial charge in [0, 0.05) is 0 Å². The average Bonchev–Trinajstić information content (AvgIpc) is 2.84. The molecule has 3 aromatic rings. The van der Waals surface area contributed by atoms with Crippen LogP contribution in [0, 0.1) is 27.7 Å². The lowest BCUT2D eigenvalue weighted by molar-refractivity contribution is 0.724. The molecule has 0 atom stereocenters. The lowest BCUT2D eigenvalue weighted by atomic mass is 9.87. The fourth-order valence-corrected chi connectivity index (χ4v) is 5.53. The summed E-state index contributed by atoms with van der Waals surface area (Å²) >= 11 is 0. The Morgan fingerprint density at radius 3 is 1.44 bits per heavy atom. The number of hydrogen-bond acceptors (Lipinski definition) is 0. The van der Waals surface area contributed by atoms with Gasteiger partial charge in [-0.2, -0.15) is 0 Å². The van der Waals surface area contributed by atoms with Gasteiger partial charge in [-0.15, -0.1) is 0 Å². The Labute approximate surface area is 209 Å². The first kappa shape index (κ1) is 26.3. The minimum absolute atomic E-state index is 1.09. The third kappa shape index (κ3) is 5.83. The third-order valence-electron chi connectivity index (χ3n) is 7.88. The normalized spacial score (nSPS) is 11.3. The van der Waals surface area contributed by atoms with Gasteiger partial charge in [-0.1, -0.05) is 64.1 Å². The smallest absolute Gasteiger partial charge is 0.0146 e. The van der Waals surface area contributed by atoms with E-state index >= 15 is 0 Å². The maximum Gasteiger partial charge on any atom is -0.0146 e. The van der Waals surface area contributed by atoms with E-state index in [0.717, 1.165) is 25.7 Å². The summed E-state index contributed by atoms with van der Waals surface area (Å²) in [6.45, 7) is 18.2. The molecule has 0 saturated carbocycles. The van der Waals surface area contributed by atoms with Crippen molar-refractivity contribution in [2.24, 2.45) is 0 Å². The number of unbranched alkanes of at least 4 members (excludes halogenated alkanes) is 1. The molecule has 0 saturated heterocycles. The zero-order valence-electron chi connectivity index (χ0n) is 23.1. The summed E-state index contributed by atoms with van der Waals surface area (Å²) in [4.78, 5) is 0. The molecule has 0 heteroatoms. The second kappa shape index (κ2) is 11.9. The Bertz CT molecular complexity index is 1130. The molecular formula is C34H46. The lowest BCUT2D eigenvalue weighted by Crippen LogP contribution is -2.02. The predicted octanol–water partition coefficient (Wildman–Crippen LogP) is 9.40. The Morgan fingerprint density at radius 2 is 0.882 bits per heavy atom. The fraction of sp³-hybridized carbons (Fsp3) is 0.471. The molecule has 3 aromatic carbocycles. The van der Waals surface area contributed by atoms with Crippen LogP contribution in [0.5, 0.6) is 0 Å². The predicted molar refractivity (Wildman–Crippen MR) is 151 cm³/mol. The van der Waals surface area contributed by atoms with Crippen LogP contribution in [0.25, 0.3) is 11.1 Å². The first-order valence-electron chi connectivity index (χ1n) is 13.7. The van der Waals surface area contributed by atoms with Crippen LogP contribution < -0.4 is 0 Å². The van der Waals surface area contributed by atoms with Crippen molar-refractivity contribution in [2.75, 3.05) is 0 Å². The Balaban J connectivity index is 1.79. The van der Waals surface area contributed by atoms with Gasteiger partial charge in [-0.05, 0) is 146 Å². The van der Waals surface area contributed by atoms with Crippen molar-refractivity contribution in [2.45, 2.75) is 107 Å². The van der Waals surface area contributed by atoms with Crippen molar-refractivity contribution < 1.29 is 0 Å². The summed E-state index contributed by atoms with van der Waals surface area (Å²) in [6.07, 6.45) is 9.39. The van der Waals surface area contributed by atoms with Crippen LogP contribution in [0.4, 0.5) is 0 Å². The second-order valence-electron chi connectivity index (χ2n) is 10.2. The highest BCUT2D eigenvalue weighted by Crippen LogP contribution is 2.33. The van der Waals surface area contributed by atoms with Crippen molar-refractivity contribution in [3.63, 3.8) is 0 Å². The molecule has 0 N–H and O–H groups in total. The molecular weight excluding hydrogens is 408 g/mol. The summed E-state index contributed by atoms with van der Waals surface area (Å²) < 4.78 is 0. The summed E-state index contributed by atoms with van der Waals surface area (Å²) in [6, 6.07) is 14.7.